The highest BCUT2D eigenvalue weighted by atomic mass is 16.5. The molecule has 1 fully saturated rings. The maximum Gasteiger partial charge on any atom is 0.328 e. The van der Waals surface area contributed by atoms with Crippen molar-refractivity contribution in [3.05, 3.63) is 35.4 Å². The molecule has 112 valence electrons. The van der Waals surface area contributed by atoms with Crippen LogP contribution < -0.4 is 10.1 Å². The topological polar surface area (TPSA) is 75.6 Å². The van der Waals surface area contributed by atoms with E-state index >= 15 is 0 Å². The van der Waals surface area contributed by atoms with Gasteiger partial charge in [0.1, 0.15) is 5.75 Å². The van der Waals surface area contributed by atoms with Gasteiger partial charge in [0, 0.05) is 23.2 Å². The van der Waals surface area contributed by atoms with E-state index in [1.807, 2.05) is 0 Å². The van der Waals surface area contributed by atoms with Crippen LogP contribution in [0.25, 0.3) is 6.08 Å². The lowest BCUT2D eigenvalue weighted by atomic mass is 10.1. The summed E-state index contributed by atoms with van der Waals surface area (Å²) in [5.74, 6) is -0.641. The van der Waals surface area contributed by atoms with Gasteiger partial charge in [0.05, 0.1) is 7.11 Å². The molecule has 5 nitrogen and oxygen atoms in total. The number of carboxylic acids is 1. The van der Waals surface area contributed by atoms with E-state index in [9.17, 15) is 9.59 Å². The Morgan fingerprint density at radius 2 is 2.05 bits per heavy atom. The molecule has 1 saturated carbocycles. The van der Waals surface area contributed by atoms with Gasteiger partial charge in [-0.25, -0.2) is 4.79 Å². The summed E-state index contributed by atoms with van der Waals surface area (Å²) in [6, 6.07) is 5.24. The molecule has 0 saturated heterocycles. The van der Waals surface area contributed by atoms with E-state index in [4.69, 9.17) is 9.84 Å². The summed E-state index contributed by atoms with van der Waals surface area (Å²) in [6.45, 7) is 0. The summed E-state index contributed by atoms with van der Waals surface area (Å²) >= 11 is 0. The van der Waals surface area contributed by atoms with Gasteiger partial charge in [0.15, 0.2) is 0 Å². The number of methoxy groups -OCH3 is 1. The normalized spacial score (nSPS) is 15.3. The summed E-state index contributed by atoms with van der Waals surface area (Å²) < 4.78 is 5.17. The van der Waals surface area contributed by atoms with Gasteiger partial charge in [0.25, 0.3) is 5.91 Å². The van der Waals surface area contributed by atoms with Gasteiger partial charge < -0.3 is 15.2 Å². The Labute approximate surface area is 123 Å². The fourth-order valence-electron chi connectivity index (χ4n) is 2.51. The zero-order valence-corrected chi connectivity index (χ0v) is 12.0. The summed E-state index contributed by atoms with van der Waals surface area (Å²) in [4.78, 5) is 22.8. The second-order valence-corrected chi connectivity index (χ2v) is 5.08. The van der Waals surface area contributed by atoms with Crippen LogP contribution in [0.2, 0.25) is 0 Å². The first-order chi connectivity index (χ1) is 10.1. The monoisotopic (exact) mass is 289 g/mol. The molecule has 2 rings (SSSR count). The molecule has 0 aromatic heterocycles. The number of carbonyl (C=O) groups excluding carboxylic acids is 1. The van der Waals surface area contributed by atoms with E-state index in [-0.39, 0.29) is 11.9 Å². The molecule has 0 aliphatic heterocycles. The maximum atomic E-state index is 12.2. The molecule has 0 atom stereocenters. The van der Waals surface area contributed by atoms with Crippen molar-refractivity contribution in [2.75, 3.05) is 7.11 Å². The Hall–Kier alpha value is -2.30. The van der Waals surface area contributed by atoms with E-state index in [0.717, 1.165) is 31.8 Å². The molecule has 5 heteroatoms. The molecule has 0 unspecified atom stereocenters. The minimum absolute atomic E-state index is 0.130. The predicted molar refractivity (Wildman–Crippen MR) is 79.4 cm³/mol. The molecule has 2 N–H and O–H groups in total. The number of hydrogen-bond acceptors (Lipinski definition) is 3. The largest absolute Gasteiger partial charge is 0.496 e. The quantitative estimate of drug-likeness (QED) is 0.816. The first-order valence-electron chi connectivity index (χ1n) is 7.00. The van der Waals surface area contributed by atoms with E-state index in [1.54, 1.807) is 18.2 Å². The summed E-state index contributed by atoms with van der Waals surface area (Å²) in [6.07, 6.45) is 6.80. The molecule has 0 heterocycles. The first-order valence-corrected chi connectivity index (χ1v) is 7.00. The van der Waals surface area contributed by atoms with Crippen LogP contribution in [-0.2, 0) is 4.79 Å². The van der Waals surface area contributed by atoms with Crippen molar-refractivity contribution in [2.24, 2.45) is 0 Å². The van der Waals surface area contributed by atoms with E-state index in [2.05, 4.69) is 5.32 Å². The molecule has 1 amide bonds. The highest BCUT2D eigenvalue weighted by Gasteiger charge is 2.18. The van der Waals surface area contributed by atoms with Crippen LogP contribution in [0.4, 0.5) is 0 Å². The van der Waals surface area contributed by atoms with Gasteiger partial charge in [0.2, 0.25) is 0 Å². The minimum Gasteiger partial charge on any atom is -0.496 e. The van der Waals surface area contributed by atoms with Crippen molar-refractivity contribution in [3.8, 4) is 5.75 Å². The van der Waals surface area contributed by atoms with E-state index in [0.29, 0.717) is 16.9 Å². The van der Waals surface area contributed by atoms with Crippen molar-refractivity contribution < 1.29 is 19.4 Å². The maximum absolute atomic E-state index is 12.2. The smallest absolute Gasteiger partial charge is 0.328 e. The van der Waals surface area contributed by atoms with Crippen LogP contribution in [0.1, 0.15) is 41.6 Å². The number of ether oxygens (including phenoxy) is 1. The SMILES string of the molecule is COc1ccc(C(=O)NC2CCCC2)cc1C=CC(=O)O. The predicted octanol–water partition coefficient (Wildman–Crippen LogP) is 2.47. The Bertz CT molecular complexity index is 559. The number of amides is 1. The van der Waals surface area contributed by atoms with Crippen molar-refractivity contribution in [1.29, 1.82) is 0 Å². The Kier molecular flexibility index (Phi) is 4.98. The third-order valence-corrected chi connectivity index (χ3v) is 3.59. The number of benzene rings is 1. The summed E-state index contributed by atoms with van der Waals surface area (Å²) in [7, 11) is 1.51. The number of nitrogens with one attached hydrogen (secondary N) is 1. The van der Waals surface area contributed by atoms with Crippen molar-refractivity contribution in [2.45, 2.75) is 31.7 Å². The zero-order chi connectivity index (χ0) is 15.2. The van der Waals surface area contributed by atoms with Gasteiger partial charge >= 0.3 is 5.97 Å². The third kappa shape index (κ3) is 4.08. The lowest BCUT2D eigenvalue weighted by Gasteiger charge is -2.13. The fraction of sp³-hybridized carbons (Fsp3) is 0.375. The lowest BCUT2D eigenvalue weighted by molar-refractivity contribution is -0.131. The second-order valence-electron chi connectivity index (χ2n) is 5.08. The van der Waals surface area contributed by atoms with Crippen LogP contribution in [0.15, 0.2) is 24.3 Å². The molecular formula is C16H19NO4. The average Bonchev–Trinajstić information content (AvgIpc) is 2.97. The second kappa shape index (κ2) is 6.92. The molecule has 0 radical (unpaired) electrons. The van der Waals surface area contributed by atoms with Gasteiger partial charge in [-0.3, -0.25) is 4.79 Å². The van der Waals surface area contributed by atoms with Crippen molar-refractivity contribution >= 4 is 18.0 Å². The first kappa shape index (κ1) is 15.1. The van der Waals surface area contributed by atoms with Crippen LogP contribution in [-0.4, -0.2) is 30.1 Å². The number of carbonyl (C=O) groups is 2. The van der Waals surface area contributed by atoms with E-state index < -0.39 is 5.97 Å². The highest BCUT2D eigenvalue weighted by Crippen LogP contribution is 2.22. The number of rotatable bonds is 5. The summed E-state index contributed by atoms with van der Waals surface area (Å²) in [5, 5.41) is 11.7. The van der Waals surface area contributed by atoms with Gasteiger partial charge in [-0.2, -0.15) is 0 Å². The molecule has 0 spiro atoms. The molecule has 1 aromatic rings. The van der Waals surface area contributed by atoms with Gasteiger partial charge in [-0.1, -0.05) is 12.8 Å². The molecule has 21 heavy (non-hydrogen) atoms. The molecule has 1 aliphatic rings. The third-order valence-electron chi connectivity index (χ3n) is 3.59. The molecular weight excluding hydrogens is 270 g/mol. The Morgan fingerprint density at radius 1 is 1.33 bits per heavy atom. The Balaban J connectivity index is 2.17. The van der Waals surface area contributed by atoms with Gasteiger partial charge in [-0.15, -0.1) is 0 Å². The van der Waals surface area contributed by atoms with Crippen LogP contribution >= 0.6 is 0 Å². The summed E-state index contributed by atoms with van der Waals surface area (Å²) in [5.41, 5.74) is 1.08. The molecule has 1 aromatic carbocycles. The van der Waals surface area contributed by atoms with Crippen LogP contribution in [0.3, 0.4) is 0 Å². The number of hydrogen-bond donors (Lipinski definition) is 2. The highest BCUT2D eigenvalue weighted by molar-refractivity contribution is 5.95. The zero-order valence-electron chi connectivity index (χ0n) is 12.0. The fourth-order valence-corrected chi connectivity index (χ4v) is 2.51. The van der Waals surface area contributed by atoms with Crippen molar-refractivity contribution in [3.63, 3.8) is 0 Å². The lowest BCUT2D eigenvalue weighted by Crippen LogP contribution is -2.32. The minimum atomic E-state index is -1.04. The molecule has 1 aliphatic carbocycles. The van der Waals surface area contributed by atoms with Crippen LogP contribution in [0, 0.1) is 0 Å². The average molecular weight is 289 g/mol. The van der Waals surface area contributed by atoms with E-state index in [1.165, 1.54) is 13.2 Å². The standard InChI is InChI=1S/C16H19NO4/c1-21-14-8-6-12(10-11(14)7-9-15(18)19)16(20)17-13-4-2-3-5-13/h6-10,13H,2-5H2,1H3,(H,17,20)(H,18,19). The van der Waals surface area contributed by atoms with Crippen LogP contribution in [0.5, 0.6) is 5.75 Å². The van der Waals surface area contributed by atoms with Crippen molar-refractivity contribution in [1.82, 2.24) is 5.32 Å². The molecule has 0 bridgehead atoms. The number of carboxylic acid groups (broad SMARTS) is 1. The Morgan fingerprint density at radius 3 is 2.67 bits per heavy atom. The number of aliphatic carboxylic acids is 1. The van der Waals surface area contributed by atoms with Gasteiger partial charge in [-0.05, 0) is 37.1 Å².